The van der Waals surface area contributed by atoms with Gasteiger partial charge in [-0.2, -0.15) is 0 Å². The van der Waals surface area contributed by atoms with Gasteiger partial charge in [-0.05, 0) is 0 Å². The molecule has 0 radical (unpaired) electrons. The molecule has 0 saturated carbocycles. The van der Waals surface area contributed by atoms with Crippen LogP contribution >= 0.6 is 12.4 Å². The number of ether oxygens (including phenoxy) is 1. The van der Waals surface area contributed by atoms with E-state index >= 15 is 0 Å². The van der Waals surface area contributed by atoms with Crippen LogP contribution in [0.15, 0.2) is 0 Å². The lowest BCUT2D eigenvalue weighted by molar-refractivity contribution is -0.147. The fourth-order valence-electron chi connectivity index (χ4n) is 0.934. The molecule has 1 aliphatic rings. The van der Waals surface area contributed by atoms with Crippen LogP contribution in [-0.2, 0) is 14.3 Å². The molecule has 1 atom stereocenters. The standard InChI is InChI=1S/C6H9NO3.ClH/c1-10-6(9)4-2-7-3-5(4)8;/h4,7H,2-3H2,1H3;1H. The van der Waals surface area contributed by atoms with Crippen molar-refractivity contribution in [3.63, 3.8) is 0 Å². The Balaban J connectivity index is 0.000001000. The molecule has 0 amide bonds. The van der Waals surface area contributed by atoms with Crippen molar-refractivity contribution in [3.05, 3.63) is 0 Å². The molecule has 1 saturated heterocycles. The van der Waals surface area contributed by atoms with Gasteiger partial charge < -0.3 is 10.1 Å². The van der Waals surface area contributed by atoms with Gasteiger partial charge in [-0.1, -0.05) is 0 Å². The number of hydrogen-bond donors (Lipinski definition) is 1. The van der Waals surface area contributed by atoms with E-state index in [4.69, 9.17) is 0 Å². The number of carbonyl (C=O) groups is 2. The molecule has 1 rings (SSSR count). The van der Waals surface area contributed by atoms with Crippen LogP contribution in [-0.4, -0.2) is 32.0 Å². The van der Waals surface area contributed by atoms with Crippen LogP contribution in [0.2, 0.25) is 0 Å². The third-order valence-corrected chi connectivity index (χ3v) is 1.52. The third kappa shape index (κ3) is 2.17. The molecule has 1 aliphatic heterocycles. The van der Waals surface area contributed by atoms with Gasteiger partial charge in [-0.3, -0.25) is 9.59 Å². The first-order valence-corrected chi connectivity index (χ1v) is 3.07. The maximum absolute atomic E-state index is 10.8. The number of Topliss-reactive ketones (excluding diaryl/α,β-unsaturated/α-hetero) is 1. The third-order valence-electron chi connectivity index (χ3n) is 1.52. The highest BCUT2D eigenvalue weighted by Crippen LogP contribution is 2.04. The average molecular weight is 180 g/mol. The molecule has 0 spiro atoms. The van der Waals surface area contributed by atoms with E-state index in [0.29, 0.717) is 13.1 Å². The van der Waals surface area contributed by atoms with Gasteiger partial charge in [0.05, 0.1) is 13.7 Å². The zero-order valence-corrected chi connectivity index (χ0v) is 6.94. The first kappa shape index (κ1) is 10.4. The SMILES string of the molecule is COC(=O)C1CNCC1=O.Cl. The van der Waals surface area contributed by atoms with Crippen LogP contribution in [0.5, 0.6) is 0 Å². The average Bonchev–Trinajstić information content (AvgIpc) is 2.34. The Labute approximate surface area is 70.7 Å². The highest BCUT2D eigenvalue weighted by molar-refractivity contribution is 6.01. The molecule has 64 valence electrons. The quantitative estimate of drug-likeness (QED) is 0.430. The smallest absolute Gasteiger partial charge is 0.317 e. The number of nitrogens with one attached hydrogen (secondary N) is 1. The van der Waals surface area contributed by atoms with Gasteiger partial charge in [0.25, 0.3) is 0 Å². The molecule has 0 aromatic carbocycles. The highest BCUT2D eigenvalue weighted by atomic mass is 35.5. The van der Waals surface area contributed by atoms with Crippen molar-refractivity contribution in [3.8, 4) is 0 Å². The number of methoxy groups -OCH3 is 1. The van der Waals surface area contributed by atoms with E-state index < -0.39 is 11.9 Å². The fraction of sp³-hybridized carbons (Fsp3) is 0.667. The first-order valence-electron chi connectivity index (χ1n) is 3.07. The van der Waals surface area contributed by atoms with Crippen LogP contribution in [0.4, 0.5) is 0 Å². The van der Waals surface area contributed by atoms with Gasteiger partial charge in [-0.25, -0.2) is 0 Å². The van der Waals surface area contributed by atoms with Crippen molar-refractivity contribution in [2.75, 3.05) is 20.2 Å². The number of hydrogen-bond acceptors (Lipinski definition) is 4. The summed E-state index contributed by atoms with van der Waals surface area (Å²) in [5, 5.41) is 2.79. The van der Waals surface area contributed by atoms with Crippen molar-refractivity contribution in [2.24, 2.45) is 5.92 Å². The molecular formula is C6H10ClNO3. The first-order chi connectivity index (χ1) is 4.75. The number of rotatable bonds is 1. The molecule has 1 unspecified atom stereocenters. The minimum absolute atomic E-state index is 0. The maximum Gasteiger partial charge on any atom is 0.317 e. The van der Waals surface area contributed by atoms with Gasteiger partial charge >= 0.3 is 5.97 Å². The highest BCUT2D eigenvalue weighted by Gasteiger charge is 2.31. The molecule has 4 nitrogen and oxygen atoms in total. The summed E-state index contributed by atoms with van der Waals surface area (Å²) in [6.07, 6.45) is 0. The zero-order valence-electron chi connectivity index (χ0n) is 6.12. The lowest BCUT2D eigenvalue weighted by Gasteiger charge is -2.01. The molecule has 11 heavy (non-hydrogen) atoms. The Morgan fingerprint density at radius 3 is 2.73 bits per heavy atom. The minimum Gasteiger partial charge on any atom is -0.468 e. The number of halogens is 1. The molecule has 0 bridgehead atoms. The monoisotopic (exact) mass is 179 g/mol. The van der Waals surface area contributed by atoms with Gasteiger partial charge in [0.15, 0.2) is 5.78 Å². The van der Waals surface area contributed by atoms with Gasteiger partial charge in [0.1, 0.15) is 5.92 Å². The Morgan fingerprint density at radius 2 is 2.36 bits per heavy atom. The second kappa shape index (κ2) is 4.31. The molecule has 5 heteroatoms. The summed E-state index contributed by atoms with van der Waals surface area (Å²) in [6.45, 7) is 0.714. The predicted molar refractivity (Wildman–Crippen MR) is 40.6 cm³/mol. The van der Waals surface area contributed by atoms with Crippen molar-refractivity contribution >= 4 is 24.2 Å². The number of carbonyl (C=O) groups excluding carboxylic acids is 2. The Hall–Kier alpha value is -0.610. The maximum atomic E-state index is 10.8. The Kier molecular flexibility index (Phi) is 4.07. The molecule has 1 heterocycles. The summed E-state index contributed by atoms with van der Waals surface area (Å²) >= 11 is 0. The molecule has 0 aromatic heterocycles. The summed E-state index contributed by atoms with van der Waals surface area (Å²) in [5.74, 6) is -1.08. The molecule has 0 aromatic rings. The van der Waals surface area contributed by atoms with Crippen LogP contribution in [0.1, 0.15) is 0 Å². The molecule has 0 aliphatic carbocycles. The van der Waals surface area contributed by atoms with Gasteiger partial charge in [-0.15, -0.1) is 12.4 Å². The minimum atomic E-state index is -0.565. The predicted octanol–water partition coefficient (Wildman–Crippen LogP) is -0.630. The van der Waals surface area contributed by atoms with E-state index in [1.165, 1.54) is 7.11 Å². The van der Waals surface area contributed by atoms with Crippen molar-refractivity contribution < 1.29 is 14.3 Å². The van der Waals surface area contributed by atoms with Crippen molar-refractivity contribution in [2.45, 2.75) is 0 Å². The second-order valence-electron chi connectivity index (χ2n) is 2.17. The molecule has 1 N–H and O–H groups in total. The van der Waals surface area contributed by atoms with E-state index in [9.17, 15) is 9.59 Å². The zero-order chi connectivity index (χ0) is 7.56. The lowest BCUT2D eigenvalue weighted by atomic mass is 10.1. The summed E-state index contributed by atoms with van der Waals surface area (Å²) in [5.41, 5.74) is 0. The van der Waals surface area contributed by atoms with E-state index in [-0.39, 0.29) is 18.2 Å². The van der Waals surface area contributed by atoms with Crippen molar-refractivity contribution in [1.82, 2.24) is 5.32 Å². The van der Waals surface area contributed by atoms with Gasteiger partial charge in [0, 0.05) is 6.54 Å². The molecule has 1 fully saturated rings. The van der Waals surface area contributed by atoms with E-state index in [0.717, 1.165) is 0 Å². The van der Waals surface area contributed by atoms with E-state index in [1.54, 1.807) is 0 Å². The second-order valence-corrected chi connectivity index (χ2v) is 2.17. The Morgan fingerprint density at radius 1 is 1.73 bits per heavy atom. The van der Waals surface area contributed by atoms with Crippen LogP contribution < -0.4 is 5.32 Å². The largest absolute Gasteiger partial charge is 0.468 e. The van der Waals surface area contributed by atoms with E-state index in [1.807, 2.05) is 0 Å². The summed E-state index contributed by atoms with van der Waals surface area (Å²) in [4.78, 5) is 21.6. The van der Waals surface area contributed by atoms with Crippen molar-refractivity contribution in [1.29, 1.82) is 0 Å². The number of esters is 1. The topological polar surface area (TPSA) is 55.4 Å². The summed E-state index contributed by atoms with van der Waals surface area (Å²) < 4.78 is 4.40. The van der Waals surface area contributed by atoms with Crippen LogP contribution in [0.25, 0.3) is 0 Å². The normalized spacial score (nSPS) is 22.6. The molecular weight excluding hydrogens is 170 g/mol. The number of ketones is 1. The van der Waals surface area contributed by atoms with Gasteiger partial charge in [0.2, 0.25) is 0 Å². The Bertz CT molecular complexity index is 171. The van der Waals surface area contributed by atoms with Crippen LogP contribution in [0, 0.1) is 5.92 Å². The summed E-state index contributed by atoms with van der Waals surface area (Å²) in [7, 11) is 1.29. The van der Waals surface area contributed by atoms with E-state index in [2.05, 4.69) is 10.1 Å². The van der Waals surface area contributed by atoms with Crippen LogP contribution in [0.3, 0.4) is 0 Å². The fourth-order valence-corrected chi connectivity index (χ4v) is 0.934. The lowest BCUT2D eigenvalue weighted by Crippen LogP contribution is -2.23. The summed E-state index contributed by atoms with van der Waals surface area (Å²) in [6, 6.07) is 0.